The molecule has 1 aliphatic heterocycles. The number of rotatable bonds is 7. The first-order valence-corrected chi connectivity index (χ1v) is 13.6. The minimum Gasteiger partial charge on any atom is -0.347 e. The number of hydrogen-bond donors (Lipinski definition) is 1. The van der Waals surface area contributed by atoms with Gasteiger partial charge in [-0.1, -0.05) is 24.6 Å². The van der Waals surface area contributed by atoms with E-state index in [1.807, 2.05) is 6.92 Å². The van der Waals surface area contributed by atoms with E-state index in [9.17, 15) is 22.4 Å². The van der Waals surface area contributed by atoms with Crippen LogP contribution in [0.15, 0.2) is 41.6 Å². The summed E-state index contributed by atoms with van der Waals surface area (Å²) in [5, 5.41) is 2.88. The molecule has 0 spiro atoms. The summed E-state index contributed by atoms with van der Waals surface area (Å²) in [7, 11) is -3.59. The number of nitrogens with one attached hydrogen (secondary N) is 1. The highest BCUT2D eigenvalue weighted by Crippen LogP contribution is 2.42. The SMILES string of the molecule is CC[C@@H]1CC[C@H](C(=O)NC(c2ccc(Cl)c(F)c2)C2CC2)N1C(=O)c1ccnc(S(C)(=O)=O)c1. The number of benzene rings is 1. The van der Waals surface area contributed by atoms with E-state index in [4.69, 9.17) is 11.6 Å². The monoisotopic (exact) mass is 507 g/mol. The van der Waals surface area contributed by atoms with Crippen molar-refractivity contribution in [3.8, 4) is 0 Å². The van der Waals surface area contributed by atoms with Crippen molar-refractivity contribution in [2.45, 2.75) is 62.2 Å². The van der Waals surface area contributed by atoms with Crippen molar-refractivity contribution in [3.63, 3.8) is 0 Å². The Morgan fingerprint density at radius 1 is 1.21 bits per heavy atom. The zero-order valence-electron chi connectivity index (χ0n) is 19.0. The summed E-state index contributed by atoms with van der Waals surface area (Å²) in [6, 6.07) is 6.04. The van der Waals surface area contributed by atoms with Gasteiger partial charge in [0.25, 0.3) is 5.91 Å². The molecule has 1 N–H and O–H groups in total. The molecule has 7 nitrogen and oxygen atoms in total. The molecule has 1 unspecified atom stereocenters. The first-order valence-electron chi connectivity index (χ1n) is 11.3. The maximum absolute atomic E-state index is 14.1. The van der Waals surface area contributed by atoms with Crippen molar-refractivity contribution in [3.05, 3.63) is 58.5 Å². The van der Waals surface area contributed by atoms with E-state index < -0.39 is 27.6 Å². The van der Waals surface area contributed by atoms with Gasteiger partial charge in [0, 0.05) is 24.1 Å². The van der Waals surface area contributed by atoms with E-state index >= 15 is 0 Å². The molecule has 4 rings (SSSR count). The molecule has 2 aromatic rings. The van der Waals surface area contributed by atoms with Gasteiger partial charge < -0.3 is 10.2 Å². The second-order valence-electron chi connectivity index (χ2n) is 9.02. The van der Waals surface area contributed by atoms with Crippen molar-refractivity contribution in [2.75, 3.05) is 6.26 Å². The molecular weight excluding hydrogens is 481 g/mol. The van der Waals surface area contributed by atoms with E-state index in [1.54, 1.807) is 11.0 Å². The van der Waals surface area contributed by atoms with Crippen LogP contribution < -0.4 is 5.32 Å². The van der Waals surface area contributed by atoms with Crippen molar-refractivity contribution < 1.29 is 22.4 Å². The lowest BCUT2D eigenvalue weighted by molar-refractivity contribution is -0.126. The van der Waals surface area contributed by atoms with Crippen molar-refractivity contribution in [2.24, 2.45) is 5.92 Å². The van der Waals surface area contributed by atoms with Crippen LogP contribution in [0.2, 0.25) is 5.02 Å². The number of nitrogens with zero attached hydrogens (tertiary/aromatic N) is 2. The lowest BCUT2D eigenvalue weighted by atomic mass is 10.0. The first kappa shape index (κ1) is 24.6. The van der Waals surface area contributed by atoms with Crippen LogP contribution in [0.25, 0.3) is 0 Å². The second kappa shape index (κ2) is 9.62. The Bertz CT molecular complexity index is 1220. The van der Waals surface area contributed by atoms with Crippen LogP contribution in [0.5, 0.6) is 0 Å². The van der Waals surface area contributed by atoms with Crippen LogP contribution >= 0.6 is 11.6 Å². The third-order valence-corrected chi connectivity index (χ3v) is 7.86. The van der Waals surface area contributed by atoms with Gasteiger partial charge >= 0.3 is 0 Å². The predicted octanol–water partition coefficient (Wildman–Crippen LogP) is 3.93. The number of halogens is 2. The highest BCUT2D eigenvalue weighted by molar-refractivity contribution is 7.90. The Morgan fingerprint density at radius 2 is 1.94 bits per heavy atom. The molecule has 34 heavy (non-hydrogen) atoms. The molecule has 182 valence electrons. The summed E-state index contributed by atoms with van der Waals surface area (Å²) in [4.78, 5) is 32.3. The van der Waals surface area contributed by atoms with E-state index in [2.05, 4.69) is 10.3 Å². The summed E-state index contributed by atoms with van der Waals surface area (Å²) in [6.07, 6.45) is 5.97. The number of amides is 2. The fourth-order valence-corrected chi connectivity index (χ4v) is 5.31. The number of carbonyl (C=O) groups is 2. The fraction of sp³-hybridized carbons (Fsp3) is 0.458. The Labute approximate surface area is 203 Å². The molecule has 1 aromatic carbocycles. The van der Waals surface area contributed by atoms with E-state index in [0.29, 0.717) is 24.8 Å². The Kier molecular flexibility index (Phi) is 6.96. The molecule has 2 fully saturated rings. The second-order valence-corrected chi connectivity index (χ2v) is 11.4. The van der Waals surface area contributed by atoms with Crippen molar-refractivity contribution in [1.29, 1.82) is 0 Å². The molecule has 2 amide bonds. The largest absolute Gasteiger partial charge is 0.347 e. The molecule has 2 heterocycles. The molecule has 2 aliphatic rings. The van der Waals surface area contributed by atoms with Crippen LogP contribution in [0, 0.1) is 11.7 Å². The van der Waals surface area contributed by atoms with Crippen LogP contribution in [-0.4, -0.2) is 48.5 Å². The first-order chi connectivity index (χ1) is 16.1. The smallest absolute Gasteiger partial charge is 0.254 e. The maximum atomic E-state index is 14.1. The van der Waals surface area contributed by atoms with Gasteiger partial charge in [-0.3, -0.25) is 9.59 Å². The van der Waals surface area contributed by atoms with Crippen LogP contribution in [0.1, 0.15) is 61.0 Å². The number of hydrogen-bond acceptors (Lipinski definition) is 5. The summed E-state index contributed by atoms with van der Waals surface area (Å²) in [5.74, 6) is -1.04. The number of sulfone groups is 1. The number of carbonyl (C=O) groups excluding carboxylic acids is 2. The Hall–Kier alpha value is -2.52. The zero-order valence-corrected chi connectivity index (χ0v) is 20.6. The van der Waals surface area contributed by atoms with Gasteiger partial charge in [0.2, 0.25) is 5.91 Å². The topological polar surface area (TPSA) is 96.4 Å². The summed E-state index contributed by atoms with van der Waals surface area (Å²) in [6.45, 7) is 1.95. The summed E-state index contributed by atoms with van der Waals surface area (Å²) < 4.78 is 37.9. The molecule has 3 atom stereocenters. The quantitative estimate of drug-likeness (QED) is 0.612. The third kappa shape index (κ3) is 5.10. The standard InChI is InChI=1S/C24H27ClFN3O4S/c1-3-17-7-9-20(29(17)24(31)16-10-11-27-21(13-16)34(2,32)33)23(30)28-22(14-4-5-14)15-6-8-18(25)19(26)12-15/h6,8,10-14,17,20,22H,3-5,7,9H2,1-2H3,(H,28,30)/t17-,20-,22?/m1/s1. The highest BCUT2D eigenvalue weighted by atomic mass is 35.5. The number of pyridine rings is 1. The summed E-state index contributed by atoms with van der Waals surface area (Å²) >= 11 is 5.82. The van der Waals surface area contributed by atoms with Gasteiger partial charge in [-0.2, -0.15) is 0 Å². The van der Waals surface area contributed by atoms with Gasteiger partial charge in [0.15, 0.2) is 14.9 Å². The lowest BCUT2D eigenvalue weighted by Crippen LogP contribution is -2.49. The van der Waals surface area contributed by atoms with E-state index in [1.165, 1.54) is 30.5 Å². The van der Waals surface area contributed by atoms with Crippen LogP contribution in [0.3, 0.4) is 0 Å². The van der Waals surface area contributed by atoms with Crippen LogP contribution in [0.4, 0.5) is 4.39 Å². The molecule has 0 radical (unpaired) electrons. The molecule has 1 aromatic heterocycles. The highest BCUT2D eigenvalue weighted by Gasteiger charge is 2.42. The lowest BCUT2D eigenvalue weighted by Gasteiger charge is -2.31. The molecule has 10 heteroatoms. The van der Waals surface area contributed by atoms with Gasteiger partial charge in [-0.05, 0) is 67.9 Å². The van der Waals surface area contributed by atoms with Gasteiger partial charge in [0.1, 0.15) is 11.9 Å². The molecular formula is C24H27ClFN3O4S. The average Bonchev–Trinajstić information content (AvgIpc) is 3.55. The number of aromatic nitrogens is 1. The average molecular weight is 508 g/mol. The van der Waals surface area contributed by atoms with Crippen LogP contribution in [-0.2, 0) is 14.6 Å². The Balaban J connectivity index is 1.59. The Morgan fingerprint density at radius 3 is 2.56 bits per heavy atom. The van der Waals surface area contributed by atoms with E-state index in [0.717, 1.165) is 19.1 Å². The van der Waals surface area contributed by atoms with Crippen molar-refractivity contribution >= 4 is 33.3 Å². The molecule has 1 aliphatic carbocycles. The minimum atomic E-state index is -3.59. The third-order valence-electron chi connectivity index (χ3n) is 6.57. The minimum absolute atomic E-state index is 0.0220. The van der Waals surface area contributed by atoms with E-state index in [-0.39, 0.29) is 39.5 Å². The predicted molar refractivity (Wildman–Crippen MR) is 126 cm³/mol. The molecule has 0 bridgehead atoms. The fourth-order valence-electron chi connectivity index (χ4n) is 4.60. The molecule has 1 saturated carbocycles. The molecule has 1 saturated heterocycles. The summed E-state index contributed by atoms with van der Waals surface area (Å²) in [5.41, 5.74) is 0.819. The van der Waals surface area contributed by atoms with Crippen molar-refractivity contribution in [1.82, 2.24) is 15.2 Å². The normalized spacial score (nSPS) is 21.4. The van der Waals surface area contributed by atoms with Gasteiger partial charge in [0.05, 0.1) is 11.1 Å². The zero-order chi connectivity index (χ0) is 24.6. The van der Waals surface area contributed by atoms with Gasteiger partial charge in [-0.15, -0.1) is 0 Å². The maximum Gasteiger partial charge on any atom is 0.254 e. The van der Waals surface area contributed by atoms with Gasteiger partial charge in [-0.25, -0.2) is 17.8 Å². The number of likely N-dealkylation sites (tertiary alicyclic amines) is 1.